The zero-order valence-corrected chi connectivity index (χ0v) is 13.0. The van der Waals surface area contributed by atoms with Crippen molar-refractivity contribution in [3.63, 3.8) is 0 Å². The molecule has 3 heterocycles. The van der Waals surface area contributed by atoms with Gasteiger partial charge >= 0.3 is 0 Å². The zero-order chi connectivity index (χ0) is 15.8. The van der Waals surface area contributed by atoms with Crippen molar-refractivity contribution < 1.29 is 13.9 Å². The van der Waals surface area contributed by atoms with Crippen LogP contribution in [0.15, 0.2) is 41.0 Å². The number of ether oxygens (including phenoxy) is 1. The van der Waals surface area contributed by atoms with E-state index in [0.29, 0.717) is 29.3 Å². The van der Waals surface area contributed by atoms with E-state index in [2.05, 4.69) is 10.6 Å². The van der Waals surface area contributed by atoms with Gasteiger partial charge in [0.05, 0.1) is 6.26 Å². The lowest BCUT2D eigenvalue weighted by atomic mass is 9.95. The summed E-state index contributed by atoms with van der Waals surface area (Å²) in [7, 11) is 0. The molecule has 1 aromatic carbocycles. The molecule has 1 aromatic heterocycles. The molecule has 4 rings (SSSR count). The second kappa shape index (κ2) is 5.74. The Labute approximate surface area is 135 Å². The van der Waals surface area contributed by atoms with E-state index in [1.54, 1.807) is 30.5 Å². The molecule has 2 fully saturated rings. The number of hydrogen-bond acceptors (Lipinski definition) is 4. The minimum atomic E-state index is -0.0234. The van der Waals surface area contributed by atoms with Gasteiger partial charge in [0.1, 0.15) is 5.75 Å². The Morgan fingerprint density at radius 3 is 2.74 bits per heavy atom. The average Bonchev–Trinajstić information content (AvgIpc) is 3.25. The summed E-state index contributed by atoms with van der Waals surface area (Å²) in [6.07, 6.45) is 5.07. The third kappa shape index (κ3) is 2.97. The van der Waals surface area contributed by atoms with Crippen LogP contribution in [0.4, 0.5) is 0 Å². The van der Waals surface area contributed by atoms with Gasteiger partial charge in [0.2, 0.25) is 0 Å². The topological polar surface area (TPSA) is 63.5 Å². The highest BCUT2D eigenvalue weighted by molar-refractivity contribution is 5.94. The van der Waals surface area contributed by atoms with Crippen LogP contribution in [-0.4, -0.2) is 24.0 Å². The summed E-state index contributed by atoms with van der Waals surface area (Å²) < 4.78 is 10.9. The van der Waals surface area contributed by atoms with E-state index in [0.717, 1.165) is 18.4 Å². The number of rotatable bonds is 4. The molecule has 0 radical (unpaired) electrons. The van der Waals surface area contributed by atoms with Crippen molar-refractivity contribution >= 4 is 5.91 Å². The van der Waals surface area contributed by atoms with Crippen LogP contribution in [0.1, 0.15) is 35.2 Å². The van der Waals surface area contributed by atoms with Crippen LogP contribution in [-0.2, 0) is 0 Å². The number of furan rings is 1. The molecule has 120 valence electrons. The predicted molar refractivity (Wildman–Crippen MR) is 85.8 cm³/mol. The fourth-order valence-corrected chi connectivity index (χ4v) is 3.48. The van der Waals surface area contributed by atoms with Crippen LogP contribution < -0.4 is 15.4 Å². The SMILES string of the molecule is Cc1coc(Oc2ccc(C(=O)NC3CC4CCC3N4)cc2)c1. The Hall–Kier alpha value is -2.27. The summed E-state index contributed by atoms with van der Waals surface area (Å²) in [5, 5.41) is 6.67. The number of carbonyl (C=O) groups excluding carboxylic acids is 1. The summed E-state index contributed by atoms with van der Waals surface area (Å²) in [6.45, 7) is 1.94. The van der Waals surface area contributed by atoms with Gasteiger partial charge in [-0.15, -0.1) is 0 Å². The van der Waals surface area contributed by atoms with Crippen LogP contribution >= 0.6 is 0 Å². The summed E-state index contributed by atoms with van der Waals surface area (Å²) >= 11 is 0. The molecule has 0 saturated carbocycles. The molecule has 2 aliphatic rings. The van der Waals surface area contributed by atoms with Crippen molar-refractivity contribution in [1.29, 1.82) is 0 Å². The monoisotopic (exact) mass is 312 g/mol. The highest BCUT2D eigenvalue weighted by Gasteiger charge is 2.39. The van der Waals surface area contributed by atoms with Gasteiger partial charge in [-0.05, 0) is 56.0 Å². The first-order chi connectivity index (χ1) is 11.2. The van der Waals surface area contributed by atoms with Crippen molar-refractivity contribution in [2.75, 3.05) is 0 Å². The van der Waals surface area contributed by atoms with E-state index in [1.165, 1.54) is 6.42 Å². The van der Waals surface area contributed by atoms with E-state index >= 15 is 0 Å². The minimum Gasteiger partial charge on any atom is -0.434 e. The Bertz CT molecular complexity index is 707. The first-order valence-electron chi connectivity index (χ1n) is 8.07. The van der Waals surface area contributed by atoms with Crippen LogP contribution in [0.5, 0.6) is 11.7 Å². The lowest BCUT2D eigenvalue weighted by Gasteiger charge is -2.21. The van der Waals surface area contributed by atoms with E-state index in [1.807, 2.05) is 13.0 Å². The number of hydrogen-bond donors (Lipinski definition) is 2. The first-order valence-corrected chi connectivity index (χ1v) is 8.07. The summed E-state index contributed by atoms with van der Waals surface area (Å²) in [5.41, 5.74) is 1.66. The Morgan fingerprint density at radius 2 is 2.13 bits per heavy atom. The van der Waals surface area contributed by atoms with Gasteiger partial charge in [-0.2, -0.15) is 0 Å². The van der Waals surface area contributed by atoms with Crippen LogP contribution in [0.25, 0.3) is 0 Å². The summed E-state index contributed by atoms with van der Waals surface area (Å²) in [5.74, 6) is 1.08. The Kier molecular flexibility index (Phi) is 3.58. The molecular formula is C18H20N2O3. The van der Waals surface area contributed by atoms with Gasteiger partial charge in [-0.1, -0.05) is 0 Å². The van der Waals surface area contributed by atoms with Crippen molar-refractivity contribution in [2.45, 2.75) is 44.3 Å². The predicted octanol–water partition coefficient (Wildman–Crippen LogP) is 3.00. The number of nitrogens with one attached hydrogen (secondary N) is 2. The third-order valence-electron chi connectivity index (χ3n) is 4.66. The first kappa shape index (κ1) is 14.3. The molecule has 3 unspecified atom stereocenters. The standard InChI is InChI=1S/C18H20N2O3/c1-11-8-17(22-10-11)23-14-5-2-12(3-6-14)18(21)20-16-9-13-4-7-15(16)19-13/h2-3,5-6,8,10,13,15-16,19H,4,7,9H2,1H3,(H,20,21). The molecule has 23 heavy (non-hydrogen) atoms. The van der Waals surface area contributed by atoms with Gasteiger partial charge in [0.15, 0.2) is 0 Å². The molecule has 2 saturated heterocycles. The highest BCUT2D eigenvalue weighted by Crippen LogP contribution is 2.28. The van der Waals surface area contributed by atoms with E-state index < -0.39 is 0 Å². The van der Waals surface area contributed by atoms with E-state index in [4.69, 9.17) is 9.15 Å². The fourth-order valence-electron chi connectivity index (χ4n) is 3.48. The number of amides is 1. The second-order valence-electron chi connectivity index (χ2n) is 6.43. The maximum absolute atomic E-state index is 12.4. The van der Waals surface area contributed by atoms with Crippen molar-refractivity contribution in [2.24, 2.45) is 0 Å². The molecule has 2 N–H and O–H groups in total. The fraction of sp³-hybridized carbons (Fsp3) is 0.389. The second-order valence-corrected chi connectivity index (χ2v) is 6.43. The van der Waals surface area contributed by atoms with Crippen molar-refractivity contribution in [1.82, 2.24) is 10.6 Å². The van der Waals surface area contributed by atoms with E-state index in [-0.39, 0.29) is 11.9 Å². The average molecular weight is 312 g/mol. The van der Waals surface area contributed by atoms with E-state index in [9.17, 15) is 4.79 Å². The van der Waals surface area contributed by atoms with Crippen molar-refractivity contribution in [3.8, 4) is 11.7 Å². The zero-order valence-electron chi connectivity index (χ0n) is 13.0. The number of benzene rings is 1. The quantitative estimate of drug-likeness (QED) is 0.911. The molecule has 3 atom stereocenters. The lowest BCUT2D eigenvalue weighted by Crippen LogP contribution is -2.42. The van der Waals surface area contributed by atoms with Gasteiger partial charge in [-0.25, -0.2) is 0 Å². The molecule has 0 spiro atoms. The normalized spacial score (nSPS) is 25.5. The molecule has 0 aliphatic carbocycles. The number of fused-ring (bicyclic) bond motifs is 2. The molecule has 5 heteroatoms. The Morgan fingerprint density at radius 1 is 1.30 bits per heavy atom. The van der Waals surface area contributed by atoms with Gasteiger partial charge in [-0.3, -0.25) is 4.79 Å². The molecule has 2 aromatic rings. The summed E-state index contributed by atoms with van der Waals surface area (Å²) in [4.78, 5) is 12.4. The number of aryl methyl sites for hydroxylation is 1. The Balaban J connectivity index is 1.38. The van der Waals surface area contributed by atoms with Crippen LogP contribution in [0, 0.1) is 6.92 Å². The molecule has 2 aliphatic heterocycles. The molecular weight excluding hydrogens is 292 g/mol. The summed E-state index contributed by atoms with van der Waals surface area (Å²) in [6, 6.07) is 10.2. The molecule has 5 nitrogen and oxygen atoms in total. The highest BCUT2D eigenvalue weighted by atomic mass is 16.6. The van der Waals surface area contributed by atoms with Crippen LogP contribution in [0.3, 0.4) is 0 Å². The number of carbonyl (C=O) groups is 1. The van der Waals surface area contributed by atoms with Crippen LogP contribution in [0.2, 0.25) is 0 Å². The third-order valence-corrected chi connectivity index (χ3v) is 4.66. The van der Waals surface area contributed by atoms with Gasteiger partial charge in [0.25, 0.3) is 11.9 Å². The largest absolute Gasteiger partial charge is 0.434 e. The molecule has 1 amide bonds. The smallest absolute Gasteiger partial charge is 0.290 e. The lowest BCUT2D eigenvalue weighted by molar-refractivity contribution is 0.0931. The maximum atomic E-state index is 12.4. The van der Waals surface area contributed by atoms with Crippen molar-refractivity contribution in [3.05, 3.63) is 47.7 Å². The molecule has 2 bridgehead atoms. The minimum absolute atomic E-state index is 0.0234. The maximum Gasteiger partial charge on any atom is 0.290 e. The van der Waals surface area contributed by atoms with Gasteiger partial charge in [0, 0.05) is 29.8 Å². The van der Waals surface area contributed by atoms with Gasteiger partial charge < -0.3 is 19.8 Å².